The molecule has 0 spiro atoms. The van der Waals surface area contributed by atoms with Crippen LogP contribution in [0.3, 0.4) is 0 Å². The van der Waals surface area contributed by atoms with E-state index in [9.17, 15) is 20.2 Å². The second-order valence-electron chi connectivity index (χ2n) is 6.93. The van der Waals surface area contributed by atoms with Gasteiger partial charge < -0.3 is 11.1 Å². The van der Waals surface area contributed by atoms with Crippen molar-refractivity contribution >= 4 is 40.3 Å². The van der Waals surface area contributed by atoms with Crippen molar-refractivity contribution in [3.63, 3.8) is 0 Å². The standard InChI is InChI=1S/C22H21N7O3S/c23-12-11-15-7-9-16(10-8-15)19(14-24)20(27-28-22(25)33)5-2-6-21(30)26-17-3-1-4-18(13-17)29(31)32/h1,3-4,7-10,13,19H,2,5-6,11H2,(H,26,30)(H3,25,28,33). The van der Waals surface area contributed by atoms with Gasteiger partial charge >= 0.3 is 0 Å². The number of nitro groups is 1. The molecule has 2 rings (SSSR count). The van der Waals surface area contributed by atoms with Gasteiger partial charge in [-0.25, -0.2) is 0 Å². The fourth-order valence-electron chi connectivity index (χ4n) is 3.00. The molecule has 0 radical (unpaired) electrons. The maximum Gasteiger partial charge on any atom is 0.271 e. The first-order valence-corrected chi connectivity index (χ1v) is 10.3. The van der Waals surface area contributed by atoms with E-state index in [4.69, 9.17) is 23.2 Å². The summed E-state index contributed by atoms with van der Waals surface area (Å²) in [7, 11) is 0. The Morgan fingerprint density at radius 1 is 1.21 bits per heavy atom. The summed E-state index contributed by atoms with van der Waals surface area (Å²) in [4.78, 5) is 22.6. The molecule has 1 atom stereocenters. The highest BCUT2D eigenvalue weighted by atomic mass is 32.1. The van der Waals surface area contributed by atoms with Crippen molar-refractivity contribution in [2.24, 2.45) is 10.8 Å². The largest absolute Gasteiger partial charge is 0.375 e. The van der Waals surface area contributed by atoms with Gasteiger partial charge in [0.25, 0.3) is 5.69 Å². The zero-order chi connectivity index (χ0) is 24.2. The van der Waals surface area contributed by atoms with Crippen LogP contribution in [0.15, 0.2) is 53.6 Å². The Morgan fingerprint density at radius 3 is 2.55 bits per heavy atom. The van der Waals surface area contributed by atoms with E-state index >= 15 is 0 Å². The Bertz CT molecular complexity index is 1130. The van der Waals surface area contributed by atoms with Crippen LogP contribution in [0.2, 0.25) is 0 Å². The minimum atomic E-state index is -0.706. The van der Waals surface area contributed by atoms with Gasteiger partial charge in [0.2, 0.25) is 5.91 Å². The lowest BCUT2D eigenvalue weighted by atomic mass is 9.91. The zero-order valence-electron chi connectivity index (χ0n) is 17.5. The van der Waals surface area contributed by atoms with E-state index in [0.717, 1.165) is 5.56 Å². The van der Waals surface area contributed by atoms with E-state index in [2.05, 4.69) is 28.0 Å². The minimum Gasteiger partial charge on any atom is -0.375 e. The summed E-state index contributed by atoms with van der Waals surface area (Å²) < 4.78 is 0. The average molecular weight is 464 g/mol. The molecule has 1 unspecified atom stereocenters. The van der Waals surface area contributed by atoms with E-state index in [0.29, 0.717) is 29.8 Å². The Balaban J connectivity index is 2.06. The molecular formula is C22H21N7O3S. The number of non-ortho nitro benzene ring substituents is 1. The molecule has 0 saturated carbocycles. The number of hydrogen-bond acceptors (Lipinski definition) is 7. The van der Waals surface area contributed by atoms with Crippen LogP contribution in [0, 0.1) is 32.8 Å². The van der Waals surface area contributed by atoms with Gasteiger partial charge in [-0.05, 0) is 42.3 Å². The van der Waals surface area contributed by atoms with Gasteiger partial charge in [-0.2, -0.15) is 15.6 Å². The first kappa shape index (κ1) is 24.9. The molecule has 10 nitrogen and oxygen atoms in total. The van der Waals surface area contributed by atoms with Crippen LogP contribution in [0.5, 0.6) is 0 Å². The molecule has 0 aliphatic heterocycles. The number of nitro benzene ring substituents is 1. The smallest absolute Gasteiger partial charge is 0.271 e. The molecule has 1 amide bonds. The molecular weight excluding hydrogens is 442 g/mol. The highest BCUT2D eigenvalue weighted by Gasteiger charge is 2.19. The van der Waals surface area contributed by atoms with E-state index in [1.165, 1.54) is 18.2 Å². The number of anilines is 1. The first-order valence-electron chi connectivity index (χ1n) is 9.85. The van der Waals surface area contributed by atoms with Crippen LogP contribution in [-0.4, -0.2) is 21.7 Å². The normalized spacial score (nSPS) is 11.5. The maximum absolute atomic E-state index is 12.3. The van der Waals surface area contributed by atoms with Gasteiger partial charge in [-0.3, -0.25) is 20.3 Å². The molecule has 2 aromatic rings. The Hall–Kier alpha value is -4.35. The number of hydrazone groups is 1. The van der Waals surface area contributed by atoms with Crippen molar-refractivity contribution in [2.45, 2.75) is 31.6 Å². The highest BCUT2D eigenvalue weighted by molar-refractivity contribution is 7.80. The molecule has 168 valence electrons. The first-order chi connectivity index (χ1) is 15.8. The Labute approximate surface area is 195 Å². The van der Waals surface area contributed by atoms with Crippen molar-refractivity contribution in [1.29, 1.82) is 10.5 Å². The third-order valence-corrected chi connectivity index (χ3v) is 4.64. The minimum absolute atomic E-state index is 0.0584. The Morgan fingerprint density at radius 2 is 1.94 bits per heavy atom. The fraction of sp³-hybridized carbons (Fsp3) is 0.227. The van der Waals surface area contributed by atoms with Crippen LogP contribution in [0.25, 0.3) is 0 Å². The van der Waals surface area contributed by atoms with E-state index in [1.807, 2.05) is 0 Å². The average Bonchev–Trinajstić information content (AvgIpc) is 2.78. The molecule has 11 heteroatoms. The zero-order valence-corrected chi connectivity index (χ0v) is 18.3. The molecule has 0 bridgehead atoms. The van der Waals surface area contributed by atoms with Crippen LogP contribution < -0.4 is 16.5 Å². The lowest BCUT2D eigenvalue weighted by Gasteiger charge is -2.14. The lowest BCUT2D eigenvalue weighted by Crippen LogP contribution is -2.27. The molecule has 0 aromatic heterocycles. The van der Waals surface area contributed by atoms with Crippen molar-refractivity contribution in [3.05, 3.63) is 69.8 Å². The van der Waals surface area contributed by atoms with E-state index < -0.39 is 10.8 Å². The summed E-state index contributed by atoms with van der Waals surface area (Å²) in [6.45, 7) is 0. The third-order valence-electron chi connectivity index (χ3n) is 4.55. The quantitative estimate of drug-likeness (QED) is 0.208. The number of carbonyl (C=O) groups is 1. The summed E-state index contributed by atoms with van der Waals surface area (Å²) in [6.07, 6.45) is 1.04. The number of benzene rings is 2. The van der Waals surface area contributed by atoms with Crippen LogP contribution in [-0.2, 0) is 11.2 Å². The van der Waals surface area contributed by atoms with Crippen LogP contribution in [0.4, 0.5) is 11.4 Å². The number of amides is 1. The van der Waals surface area contributed by atoms with Crippen molar-refractivity contribution in [2.75, 3.05) is 5.32 Å². The van der Waals surface area contributed by atoms with Gasteiger partial charge in [-0.1, -0.05) is 30.3 Å². The number of rotatable bonds is 10. The second kappa shape index (κ2) is 12.5. The SMILES string of the molecule is N#CCc1ccc(C(C#N)C(CCCC(=O)Nc2cccc([N+](=O)[O-])c2)=NNC(N)=S)cc1. The number of nitrogens with one attached hydrogen (secondary N) is 2. The summed E-state index contributed by atoms with van der Waals surface area (Å²) in [6, 6.07) is 17.0. The molecule has 4 N–H and O–H groups in total. The predicted octanol–water partition coefficient (Wildman–Crippen LogP) is 3.27. The monoisotopic (exact) mass is 463 g/mol. The number of nitriles is 2. The number of hydrogen-bond donors (Lipinski definition) is 3. The topological polar surface area (TPSA) is 170 Å². The van der Waals surface area contributed by atoms with Gasteiger partial charge in [0, 0.05) is 24.2 Å². The van der Waals surface area contributed by atoms with Gasteiger partial charge in [0.05, 0.1) is 29.2 Å². The van der Waals surface area contributed by atoms with Crippen molar-refractivity contribution in [3.8, 4) is 12.1 Å². The molecule has 0 saturated heterocycles. The lowest BCUT2D eigenvalue weighted by molar-refractivity contribution is -0.384. The molecule has 0 aliphatic carbocycles. The molecule has 33 heavy (non-hydrogen) atoms. The molecule has 0 heterocycles. The van der Waals surface area contributed by atoms with E-state index in [1.54, 1.807) is 30.3 Å². The number of nitrogens with two attached hydrogens (primary N) is 1. The summed E-state index contributed by atoms with van der Waals surface area (Å²) in [5.74, 6) is -1.03. The number of nitrogens with zero attached hydrogens (tertiary/aromatic N) is 4. The van der Waals surface area contributed by atoms with Crippen molar-refractivity contribution in [1.82, 2.24) is 5.43 Å². The number of thiocarbonyl (C=S) groups is 1. The van der Waals surface area contributed by atoms with Gasteiger partial charge in [0.1, 0.15) is 5.92 Å². The predicted molar refractivity (Wildman–Crippen MR) is 127 cm³/mol. The molecule has 2 aromatic carbocycles. The third kappa shape index (κ3) is 8.01. The van der Waals surface area contributed by atoms with Gasteiger partial charge in [-0.15, -0.1) is 0 Å². The van der Waals surface area contributed by atoms with Crippen molar-refractivity contribution < 1.29 is 9.72 Å². The summed E-state index contributed by atoms with van der Waals surface area (Å²) >= 11 is 4.79. The Kier molecular flexibility index (Phi) is 9.43. The summed E-state index contributed by atoms with van der Waals surface area (Å²) in [5.41, 5.74) is 10.1. The van der Waals surface area contributed by atoms with Gasteiger partial charge in [0.15, 0.2) is 5.11 Å². The van der Waals surface area contributed by atoms with Crippen LogP contribution in [0.1, 0.15) is 36.3 Å². The molecule has 0 fully saturated rings. The number of carbonyl (C=O) groups excluding carboxylic acids is 1. The molecule has 0 aliphatic rings. The highest BCUT2D eigenvalue weighted by Crippen LogP contribution is 2.22. The fourth-order valence-corrected chi connectivity index (χ4v) is 3.05. The van der Waals surface area contributed by atoms with Crippen LogP contribution >= 0.6 is 12.2 Å². The summed E-state index contributed by atoms with van der Waals surface area (Å²) in [5, 5.41) is 36.2. The maximum atomic E-state index is 12.3. The van der Waals surface area contributed by atoms with E-state index in [-0.39, 0.29) is 29.5 Å². The second-order valence-corrected chi connectivity index (χ2v) is 7.37.